The summed E-state index contributed by atoms with van der Waals surface area (Å²) >= 11 is 0. The number of rotatable bonds is 7. The van der Waals surface area contributed by atoms with Gasteiger partial charge in [0.1, 0.15) is 0 Å². The van der Waals surface area contributed by atoms with E-state index in [9.17, 15) is 18.5 Å². The predicted octanol–water partition coefficient (Wildman–Crippen LogP) is 1.23. The second-order valence-electron chi connectivity index (χ2n) is 6.04. The van der Waals surface area contributed by atoms with Gasteiger partial charge in [0.2, 0.25) is 10.0 Å². The van der Waals surface area contributed by atoms with Gasteiger partial charge in [-0.25, -0.2) is 13.1 Å². The summed E-state index contributed by atoms with van der Waals surface area (Å²) in [5.74, 6) is 0.233. The Balaban J connectivity index is 2.15. The van der Waals surface area contributed by atoms with E-state index in [1.807, 2.05) is 13.8 Å². The molecule has 0 amide bonds. The van der Waals surface area contributed by atoms with Crippen molar-refractivity contribution in [3.63, 3.8) is 0 Å². The van der Waals surface area contributed by atoms with Crippen LogP contribution in [0.5, 0.6) is 0 Å². The molecule has 1 N–H and O–H groups in total. The first-order valence-electron chi connectivity index (χ1n) is 7.88. The van der Waals surface area contributed by atoms with Crippen LogP contribution in [0.2, 0.25) is 0 Å². The monoisotopic (exact) mass is 357 g/mol. The molecule has 0 saturated carbocycles. The Morgan fingerprint density at radius 3 is 2.50 bits per heavy atom. The highest BCUT2D eigenvalue weighted by Crippen LogP contribution is 2.23. The summed E-state index contributed by atoms with van der Waals surface area (Å²) in [5, 5.41) is 11.1. The summed E-state index contributed by atoms with van der Waals surface area (Å²) < 4.78 is 32.9. The molecule has 0 aromatic heterocycles. The molecule has 1 heterocycles. The lowest BCUT2D eigenvalue weighted by atomic mass is 10.0. The van der Waals surface area contributed by atoms with E-state index in [1.54, 1.807) is 0 Å². The standard InChI is InChI=1S/C15H23N3O5S/c1-12(2)14(17-7-9-23-10-8-17)11-16-24(21,22)15-6-4-3-5-13(15)18(19)20/h3-6,12,14,16H,7-11H2,1-2H3/t14-/m0/s1. The smallest absolute Gasteiger partial charge is 0.289 e. The highest BCUT2D eigenvalue weighted by Gasteiger charge is 2.29. The van der Waals surface area contributed by atoms with Crippen LogP contribution in [0.3, 0.4) is 0 Å². The summed E-state index contributed by atoms with van der Waals surface area (Å²) in [7, 11) is -3.95. The Kier molecular flexibility index (Phi) is 6.27. The van der Waals surface area contributed by atoms with Crippen molar-refractivity contribution in [2.24, 2.45) is 5.92 Å². The number of ether oxygens (including phenoxy) is 1. The van der Waals surface area contributed by atoms with Gasteiger partial charge < -0.3 is 4.74 Å². The van der Waals surface area contributed by atoms with E-state index in [4.69, 9.17) is 4.74 Å². The molecule has 0 radical (unpaired) electrons. The van der Waals surface area contributed by atoms with Crippen LogP contribution in [0.15, 0.2) is 29.2 Å². The van der Waals surface area contributed by atoms with E-state index in [2.05, 4.69) is 9.62 Å². The van der Waals surface area contributed by atoms with Crippen molar-refractivity contribution < 1.29 is 18.1 Å². The molecule has 1 aromatic carbocycles. The molecule has 134 valence electrons. The third-order valence-corrected chi connectivity index (χ3v) is 5.59. The van der Waals surface area contributed by atoms with E-state index in [0.717, 1.165) is 13.1 Å². The Morgan fingerprint density at radius 1 is 1.29 bits per heavy atom. The number of nitro benzene ring substituents is 1. The molecule has 0 unspecified atom stereocenters. The molecule has 0 aliphatic carbocycles. The number of benzene rings is 1. The maximum Gasteiger partial charge on any atom is 0.289 e. The van der Waals surface area contributed by atoms with Crippen molar-refractivity contribution >= 4 is 15.7 Å². The maximum atomic E-state index is 12.5. The molecule has 8 nitrogen and oxygen atoms in total. The van der Waals surface area contributed by atoms with Crippen LogP contribution < -0.4 is 4.72 Å². The second kappa shape index (κ2) is 8.02. The van der Waals surface area contributed by atoms with Crippen molar-refractivity contribution in [3.05, 3.63) is 34.4 Å². The minimum Gasteiger partial charge on any atom is -0.379 e. The van der Waals surface area contributed by atoms with Crippen molar-refractivity contribution in [2.45, 2.75) is 24.8 Å². The molecule has 1 aromatic rings. The van der Waals surface area contributed by atoms with Crippen LogP contribution in [0, 0.1) is 16.0 Å². The summed E-state index contributed by atoms with van der Waals surface area (Å²) in [6.07, 6.45) is 0. The highest BCUT2D eigenvalue weighted by atomic mass is 32.2. The Hall–Kier alpha value is -1.55. The number of nitro groups is 1. The first kappa shape index (κ1) is 18.8. The van der Waals surface area contributed by atoms with E-state index >= 15 is 0 Å². The largest absolute Gasteiger partial charge is 0.379 e. The van der Waals surface area contributed by atoms with Gasteiger partial charge in [0, 0.05) is 31.7 Å². The van der Waals surface area contributed by atoms with Crippen LogP contribution in [0.25, 0.3) is 0 Å². The fourth-order valence-corrected chi connectivity index (χ4v) is 4.02. The molecular weight excluding hydrogens is 334 g/mol. The van der Waals surface area contributed by atoms with E-state index in [-0.39, 0.29) is 23.4 Å². The third kappa shape index (κ3) is 4.50. The van der Waals surface area contributed by atoms with Crippen LogP contribution in [-0.2, 0) is 14.8 Å². The SMILES string of the molecule is CC(C)[C@H](CNS(=O)(=O)c1ccccc1[N+](=O)[O-])N1CCOCC1. The fourth-order valence-electron chi connectivity index (χ4n) is 2.80. The van der Waals surface area contributed by atoms with Gasteiger partial charge in [0.05, 0.1) is 18.1 Å². The number of hydrogen-bond donors (Lipinski definition) is 1. The number of sulfonamides is 1. The van der Waals surface area contributed by atoms with Crippen molar-refractivity contribution in [1.82, 2.24) is 9.62 Å². The summed E-state index contributed by atoms with van der Waals surface area (Å²) in [6, 6.07) is 5.37. The Bertz CT molecular complexity index is 671. The van der Waals surface area contributed by atoms with E-state index in [1.165, 1.54) is 24.3 Å². The number of hydrogen-bond acceptors (Lipinski definition) is 6. The van der Waals surface area contributed by atoms with Crippen molar-refractivity contribution in [2.75, 3.05) is 32.8 Å². The molecule has 1 aliphatic rings. The molecule has 1 aliphatic heterocycles. The molecule has 0 bridgehead atoms. The van der Waals surface area contributed by atoms with Crippen LogP contribution in [0.1, 0.15) is 13.8 Å². The molecule has 0 spiro atoms. The first-order chi connectivity index (χ1) is 11.3. The second-order valence-corrected chi connectivity index (χ2v) is 7.77. The molecule has 1 saturated heterocycles. The zero-order valence-corrected chi connectivity index (χ0v) is 14.7. The van der Waals surface area contributed by atoms with Gasteiger partial charge in [-0.05, 0) is 12.0 Å². The van der Waals surface area contributed by atoms with Gasteiger partial charge in [0.25, 0.3) is 5.69 Å². The number of para-hydroxylation sites is 1. The number of nitrogens with zero attached hydrogens (tertiary/aromatic N) is 2. The zero-order valence-electron chi connectivity index (χ0n) is 13.8. The summed E-state index contributed by atoms with van der Waals surface area (Å²) in [4.78, 5) is 12.3. The lowest BCUT2D eigenvalue weighted by Crippen LogP contribution is -2.51. The average Bonchev–Trinajstić information content (AvgIpc) is 2.55. The normalized spacial score (nSPS) is 17.8. The van der Waals surface area contributed by atoms with Gasteiger partial charge in [-0.1, -0.05) is 26.0 Å². The molecule has 24 heavy (non-hydrogen) atoms. The molecular formula is C15H23N3O5S. The lowest BCUT2D eigenvalue weighted by Gasteiger charge is -2.36. The Morgan fingerprint density at radius 2 is 1.92 bits per heavy atom. The van der Waals surface area contributed by atoms with Gasteiger partial charge in [0.15, 0.2) is 4.90 Å². The minimum absolute atomic E-state index is 0.00597. The highest BCUT2D eigenvalue weighted by molar-refractivity contribution is 7.89. The van der Waals surface area contributed by atoms with Crippen LogP contribution in [0.4, 0.5) is 5.69 Å². The Labute approximate surface area is 142 Å². The van der Waals surface area contributed by atoms with Crippen LogP contribution in [-0.4, -0.2) is 57.1 Å². The topological polar surface area (TPSA) is 102 Å². The average molecular weight is 357 g/mol. The van der Waals surface area contributed by atoms with Gasteiger partial charge in [-0.3, -0.25) is 15.0 Å². The van der Waals surface area contributed by atoms with Gasteiger partial charge in [-0.2, -0.15) is 0 Å². The number of morpholine rings is 1. The van der Waals surface area contributed by atoms with Gasteiger partial charge in [-0.15, -0.1) is 0 Å². The van der Waals surface area contributed by atoms with Crippen molar-refractivity contribution in [3.8, 4) is 0 Å². The lowest BCUT2D eigenvalue weighted by molar-refractivity contribution is -0.387. The van der Waals surface area contributed by atoms with Crippen LogP contribution >= 0.6 is 0 Å². The molecule has 2 rings (SSSR count). The zero-order chi connectivity index (χ0) is 17.7. The van der Waals surface area contributed by atoms with E-state index < -0.39 is 20.6 Å². The van der Waals surface area contributed by atoms with Gasteiger partial charge >= 0.3 is 0 Å². The quantitative estimate of drug-likeness (QED) is 0.582. The molecule has 1 fully saturated rings. The maximum absolute atomic E-state index is 12.5. The third-order valence-electron chi connectivity index (χ3n) is 4.12. The van der Waals surface area contributed by atoms with E-state index in [0.29, 0.717) is 13.2 Å². The predicted molar refractivity (Wildman–Crippen MR) is 89.3 cm³/mol. The number of nitrogens with one attached hydrogen (secondary N) is 1. The fraction of sp³-hybridized carbons (Fsp3) is 0.600. The summed E-state index contributed by atoms with van der Waals surface area (Å²) in [6.45, 7) is 7.00. The molecule has 9 heteroatoms. The van der Waals surface area contributed by atoms with Crippen molar-refractivity contribution in [1.29, 1.82) is 0 Å². The first-order valence-corrected chi connectivity index (χ1v) is 9.36. The summed E-state index contributed by atoms with van der Waals surface area (Å²) in [5.41, 5.74) is -0.419. The minimum atomic E-state index is -3.95. The molecule has 1 atom stereocenters.